The van der Waals surface area contributed by atoms with Crippen molar-refractivity contribution < 1.29 is 14.3 Å². The van der Waals surface area contributed by atoms with E-state index in [-0.39, 0.29) is 0 Å². The monoisotopic (exact) mass is 382 g/mol. The molecule has 0 fully saturated rings. The number of amides is 1. The van der Waals surface area contributed by atoms with E-state index in [1.54, 1.807) is 13.3 Å². The summed E-state index contributed by atoms with van der Waals surface area (Å²) in [6.45, 7) is 11.7. The van der Waals surface area contributed by atoms with Crippen LogP contribution in [0.15, 0.2) is 42.6 Å². The van der Waals surface area contributed by atoms with Crippen LogP contribution in [-0.4, -0.2) is 18.8 Å². The molecule has 0 heterocycles. The largest absolute Gasteiger partial charge is 0.497 e. The molecule has 0 saturated carbocycles. The average molecular weight is 383 g/mol. The molecule has 0 unspecified atom stereocenters. The first-order valence-corrected chi connectivity index (χ1v) is 9.28. The molecule has 2 N–H and O–H groups in total. The molecular formula is C23H30N2O3. The van der Waals surface area contributed by atoms with Gasteiger partial charge in [-0.2, -0.15) is 0 Å². The van der Waals surface area contributed by atoms with Crippen molar-refractivity contribution in [3.05, 3.63) is 64.9 Å². The summed E-state index contributed by atoms with van der Waals surface area (Å²) in [5.41, 5.74) is 5.37. The quantitative estimate of drug-likeness (QED) is 0.711. The van der Waals surface area contributed by atoms with E-state index in [1.807, 2.05) is 45.0 Å². The predicted molar refractivity (Wildman–Crippen MR) is 115 cm³/mol. The van der Waals surface area contributed by atoms with Crippen LogP contribution in [0.4, 0.5) is 10.5 Å². The zero-order valence-corrected chi connectivity index (χ0v) is 17.8. The maximum atomic E-state index is 12.3. The van der Waals surface area contributed by atoms with E-state index in [4.69, 9.17) is 9.47 Å². The highest BCUT2D eigenvalue weighted by molar-refractivity contribution is 5.83. The van der Waals surface area contributed by atoms with Gasteiger partial charge in [-0.1, -0.05) is 17.7 Å². The first-order valence-electron chi connectivity index (χ1n) is 9.28. The highest BCUT2D eigenvalue weighted by atomic mass is 16.6. The Morgan fingerprint density at radius 1 is 1.00 bits per heavy atom. The molecule has 5 nitrogen and oxygen atoms in total. The summed E-state index contributed by atoms with van der Waals surface area (Å²) >= 11 is 0. The second kappa shape index (κ2) is 8.83. The van der Waals surface area contributed by atoms with E-state index in [0.717, 1.165) is 28.1 Å². The molecule has 0 saturated heterocycles. The van der Waals surface area contributed by atoms with Gasteiger partial charge in [-0.25, -0.2) is 4.79 Å². The third kappa shape index (κ3) is 6.05. The van der Waals surface area contributed by atoms with Crippen LogP contribution in [0.5, 0.6) is 5.75 Å². The number of anilines is 1. The fourth-order valence-electron chi connectivity index (χ4n) is 2.93. The van der Waals surface area contributed by atoms with Gasteiger partial charge >= 0.3 is 6.09 Å². The normalized spacial score (nSPS) is 11.8. The van der Waals surface area contributed by atoms with Crippen molar-refractivity contribution in [2.24, 2.45) is 0 Å². The standard InChI is InChI=1S/C23H30N2O3/c1-15-12-16(2)21(17(3)13-15)24-14-20(25-22(26)28-23(4,5)6)18-8-10-19(27-7)11-9-18/h8-14,24H,1-7H3,(H,25,26)/b20-14-. The van der Waals surface area contributed by atoms with Crippen LogP contribution in [0.25, 0.3) is 5.70 Å². The van der Waals surface area contributed by atoms with Crippen molar-refractivity contribution >= 4 is 17.5 Å². The van der Waals surface area contributed by atoms with Crippen molar-refractivity contribution in [3.8, 4) is 5.75 Å². The van der Waals surface area contributed by atoms with Gasteiger partial charge in [-0.05, 0) is 82.5 Å². The van der Waals surface area contributed by atoms with Crippen LogP contribution in [0.1, 0.15) is 43.0 Å². The zero-order chi connectivity index (χ0) is 20.9. The van der Waals surface area contributed by atoms with Crippen molar-refractivity contribution in [3.63, 3.8) is 0 Å². The van der Waals surface area contributed by atoms with Gasteiger partial charge in [0.05, 0.1) is 12.8 Å². The lowest BCUT2D eigenvalue weighted by Crippen LogP contribution is -2.31. The Labute approximate surface area is 167 Å². The number of nitrogens with one attached hydrogen (secondary N) is 2. The number of aryl methyl sites for hydroxylation is 3. The summed E-state index contributed by atoms with van der Waals surface area (Å²) in [7, 11) is 1.62. The zero-order valence-electron chi connectivity index (χ0n) is 17.8. The van der Waals surface area contributed by atoms with Crippen LogP contribution in [0, 0.1) is 20.8 Å². The van der Waals surface area contributed by atoms with E-state index in [1.165, 1.54) is 5.56 Å². The number of carbonyl (C=O) groups is 1. The lowest BCUT2D eigenvalue weighted by molar-refractivity contribution is 0.0558. The summed E-state index contributed by atoms with van der Waals surface area (Å²) in [5, 5.41) is 6.18. The molecule has 0 aliphatic rings. The number of carbonyl (C=O) groups excluding carboxylic acids is 1. The van der Waals surface area contributed by atoms with Gasteiger partial charge in [-0.3, -0.25) is 5.32 Å². The van der Waals surface area contributed by atoms with Gasteiger partial charge in [0, 0.05) is 11.9 Å². The van der Waals surface area contributed by atoms with E-state index >= 15 is 0 Å². The maximum absolute atomic E-state index is 12.3. The van der Waals surface area contributed by atoms with E-state index in [9.17, 15) is 4.79 Å². The van der Waals surface area contributed by atoms with Gasteiger partial charge in [0.1, 0.15) is 11.4 Å². The minimum atomic E-state index is -0.577. The van der Waals surface area contributed by atoms with Crippen molar-refractivity contribution in [1.82, 2.24) is 5.32 Å². The number of methoxy groups -OCH3 is 1. The molecule has 150 valence electrons. The molecule has 0 radical (unpaired) electrons. The third-order valence-electron chi connectivity index (χ3n) is 4.07. The summed E-state index contributed by atoms with van der Waals surface area (Å²) < 4.78 is 10.6. The molecule has 1 amide bonds. The topological polar surface area (TPSA) is 59.6 Å². The molecule has 0 bridgehead atoms. The number of hydrogen-bond donors (Lipinski definition) is 2. The Kier molecular flexibility index (Phi) is 6.73. The lowest BCUT2D eigenvalue weighted by Gasteiger charge is -2.21. The Balaban J connectivity index is 2.34. The van der Waals surface area contributed by atoms with Crippen molar-refractivity contribution in [1.29, 1.82) is 0 Å². The highest BCUT2D eigenvalue weighted by Crippen LogP contribution is 2.24. The Hall–Kier alpha value is -2.95. The minimum Gasteiger partial charge on any atom is -0.497 e. The van der Waals surface area contributed by atoms with Gasteiger partial charge in [0.15, 0.2) is 0 Å². The molecule has 28 heavy (non-hydrogen) atoms. The Bertz CT molecular complexity index is 839. The van der Waals surface area contributed by atoms with E-state index in [0.29, 0.717) is 5.70 Å². The van der Waals surface area contributed by atoms with E-state index in [2.05, 4.69) is 43.5 Å². The van der Waals surface area contributed by atoms with Gasteiger partial charge in [0.2, 0.25) is 0 Å². The molecule has 0 aromatic heterocycles. The second-order valence-corrected chi connectivity index (χ2v) is 7.83. The fraction of sp³-hybridized carbons (Fsp3) is 0.348. The van der Waals surface area contributed by atoms with Gasteiger partial charge in [-0.15, -0.1) is 0 Å². The molecule has 0 aliphatic carbocycles. The third-order valence-corrected chi connectivity index (χ3v) is 4.07. The molecule has 0 atom stereocenters. The number of alkyl carbamates (subject to hydrolysis) is 1. The summed E-state index contributed by atoms with van der Waals surface area (Å²) in [6.07, 6.45) is 1.28. The van der Waals surface area contributed by atoms with Crippen LogP contribution >= 0.6 is 0 Å². The smallest absolute Gasteiger partial charge is 0.412 e. The van der Waals surface area contributed by atoms with Crippen LogP contribution in [0.2, 0.25) is 0 Å². The predicted octanol–water partition coefficient (Wildman–Crippen LogP) is 5.56. The minimum absolute atomic E-state index is 0.506. The Morgan fingerprint density at radius 2 is 1.57 bits per heavy atom. The molecule has 2 aromatic carbocycles. The maximum Gasteiger partial charge on any atom is 0.412 e. The van der Waals surface area contributed by atoms with Gasteiger partial charge < -0.3 is 14.8 Å². The second-order valence-electron chi connectivity index (χ2n) is 7.83. The molecule has 2 rings (SSSR count). The van der Waals surface area contributed by atoms with Crippen LogP contribution in [0.3, 0.4) is 0 Å². The van der Waals surface area contributed by atoms with Crippen LogP contribution < -0.4 is 15.4 Å². The molecule has 5 heteroatoms. The highest BCUT2D eigenvalue weighted by Gasteiger charge is 2.17. The first-order chi connectivity index (χ1) is 13.1. The number of hydrogen-bond acceptors (Lipinski definition) is 4. The fourth-order valence-corrected chi connectivity index (χ4v) is 2.93. The lowest BCUT2D eigenvalue weighted by atomic mass is 10.1. The first kappa shape index (κ1) is 21.4. The average Bonchev–Trinajstić information content (AvgIpc) is 2.58. The van der Waals surface area contributed by atoms with Gasteiger partial charge in [0.25, 0.3) is 0 Å². The summed E-state index contributed by atoms with van der Waals surface area (Å²) in [4.78, 5) is 12.3. The van der Waals surface area contributed by atoms with E-state index < -0.39 is 11.7 Å². The molecule has 0 spiro atoms. The molecular weight excluding hydrogens is 352 g/mol. The number of rotatable bonds is 5. The summed E-state index contributed by atoms with van der Waals surface area (Å²) in [5.74, 6) is 0.749. The number of ether oxygens (including phenoxy) is 2. The SMILES string of the molecule is COc1ccc(/C(=C/Nc2c(C)cc(C)cc2C)NC(=O)OC(C)(C)C)cc1. The summed E-state index contributed by atoms with van der Waals surface area (Å²) in [6, 6.07) is 11.7. The Morgan fingerprint density at radius 3 is 2.07 bits per heavy atom. The van der Waals surface area contributed by atoms with Crippen molar-refractivity contribution in [2.75, 3.05) is 12.4 Å². The molecule has 2 aromatic rings. The van der Waals surface area contributed by atoms with Crippen molar-refractivity contribution in [2.45, 2.75) is 47.1 Å². The van der Waals surface area contributed by atoms with Crippen LogP contribution in [-0.2, 0) is 4.74 Å². The number of benzene rings is 2. The molecule has 0 aliphatic heterocycles.